The van der Waals surface area contributed by atoms with E-state index in [9.17, 15) is 14.4 Å². The van der Waals surface area contributed by atoms with Crippen molar-refractivity contribution < 1.29 is 23.9 Å². The van der Waals surface area contributed by atoms with E-state index >= 15 is 0 Å². The number of rotatable bonds is 6. The Morgan fingerprint density at radius 2 is 1.55 bits per heavy atom. The lowest BCUT2D eigenvalue weighted by Gasteiger charge is -2.08. The quantitative estimate of drug-likeness (QED) is 0.585. The Labute approximate surface area is 183 Å². The first kappa shape index (κ1) is 22.0. The van der Waals surface area contributed by atoms with Crippen molar-refractivity contribution in [1.29, 1.82) is 0 Å². The van der Waals surface area contributed by atoms with Gasteiger partial charge in [0.25, 0.3) is 5.91 Å². The minimum atomic E-state index is -0.630. The monoisotopic (exact) mass is 441 g/mol. The molecule has 0 aliphatic rings. The van der Waals surface area contributed by atoms with Crippen LogP contribution < -0.4 is 5.32 Å². The normalized spacial score (nSPS) is 10.5. The molecule has 0 bridgehead atoms. The van der Waals surface area contributed by atoms with Crippen LogP contribution in [0.4, 0.5) is 5.69 Å². The van der Waals surface area contributed by atoms with Crippen LogP contribution in [0.1, 0.15) is 32.1 Å². The van der Waals surface area contributed by atoms with Crippen LogP contribution in [0, 0.1) is 13.8 Å². The van der Waals surface area contributed by atoms with Gasteiger partial charge in [-0.05, 0) is 62.4 Å². The number of benzene rings is 2. The van der Waals surface area contributed by atoms with Crippen molar-refractivity contribution in [2.45, 2.75) is 13.8 Å². The fourth-order valence-electron chi connectivity index (χ4n) is 2.83. The largest absolute Gasteiger partial charge is 0.465 e. The Kier molecular flexibility index (Phi) is 6.71. The predicted molar refractivity (Wildman–Crippen MR) is 115 cm³/mol. The van der Waals surface area contributed by atoms with Crippen LogP contribution in [0.5, 0.6) is 0 Å². The third-order valence-corrected chi connectivity index (χ3v) is 5.02. The summed E-state index contributed by atoms with van der Waals surface area (Å²) >= 11 is 6.17. The summed E-state index contributed by atoms with van der Waals surface area (Å²) in [5.74, 6) is -1.61. The number of nitrogens with zero attached hydrogens (tertiary/aromatic N) is 2. The van der Waals surface area contributed by atoms with Crippen LogP contribution in [0.15, 0.2) is 48.5 Å². The highest BCUT2D eigenvalue weighted by atomic mass is 35.5. The Morgan fingerprint density at radius 1 is 0.968 bits per heavy atom. The number of halogens is 1. The third kappa shape index (κ3) is 5.10. The zero-order valence-electron chi connectivity index (χ0n) is 17.1. The molecule has 3 aromatic rings. The molecular weight excluding hydrogens is 422 g/mol. The molecule has 0 fully saturated rings. The van der Waals surface area contributed by atoms with E-state index in [1.165, 1.54) is 19.2 Å². The van der Waals surface area contributed by atoms with Crippen molar-refractivity contribution in [2.75, 3.05) is 19.0 Å². The van der Waals surface area contributed by atoms with Gasteiger partial charge in [0.1, 0.15) is 0 Å². The van der Waals surface area contributed by atoms with Crippen molar-refractivity contribution in [2.24, 2.45) is 0 Å². The van der Waals surface area contributed by atoms with Gasteiger partial charge in [0.15, 0.2) is 6.61 Å². The summed E-state index contributed by atoms with van der Waals surface area (Å²) in [6.45, 7) is 3.22. The molecule has 2 aromatic carbocycles. The lowest BCUT2D eigenvalue weighted by Crippen LogP contribution is -2.21. The number of carbonyl (C=O) groups excluding carboxylic acids is 3. The topological polar surface area (TPSA) is 99.5 Å². The number of carbonyl (C=O) groups is 3. The van der Waals surface area contributed by atoms with Gasteiger partial charge in [0, 0.05) is 5.69 Å². The second-order valence-corrected chi connectivity index (χ2v) is 7.01. The fourth-order valence-corrected chi connectivity index (χ4v) is 2.95. The molecule has 0 aliphatic carbocycles. The van der Waals surface area contributed by atoms with E-state index in [4.69, 9.17) is 16.3 Å². The molecule has 0 saturated heterocycles. The highest BCUT2D eigenvalue weighted by Crippen LogP contribution is 2.22. The average molecular weight is 442 g/mol. The van der Waals surface area contributed by atoms with E-state index in [0.29, 0.717) is 27.5 Å². The highest BCUT2D eigenvalue weighted by molar-refractivity contribution is 6.31. The predicted octanol–water partition coefficient (Wildman–Crippen LogP) is 3.72. The lowest BCUT2D eigenvalue weighted by atomic mass is 10.2. The van der Waals surface area contributed by atoms with Crippen LogP contribution in [-0.2, 0) is 14.3 Å². The Balaban J connectivity index is 1.56. The molecule has 160 valence electrons. The molecule has 0 aliphatic heterocycles. The maximum atomic E-state index is 12.2. The molecule has 3 rings (SSSR count). The molecule has 1 heterocycles. The molecule has 8 nitrogen and oxygen atoms in total. The standard InChI is InChI=1S/C22H20ClN3O5/c1-13-20(23)14(2)26(25-13)18-10-6-16(7-11-18)22(29)31-12-19(27)24-17-8-4-15(5-9-17)21(28)30-3/h4-11H,12H2,1-3H3,(H,24,27). The zero-order chi connectivity index (χ0) is 22.5. The molecule has 9 heteroatoms. The number of methoxy groups -OCH3 is 1. The average Bonchev–Trinajstić information content (AvgIpc) is 3.04. The Hall–Kier alpha value is -3.65. The van der Waals surface area contributed by atoms with E-state index < -0.39 is 24.5 Å². The van der Waals surface area contributed by atoms with Crippen LogP contribution in [0.3, 0.4) is 0 Å². The van der Waals surface area contributed by atoms with E-state index in [2.05, 4.69) is 15.2 Å². The third-order valence-electron chi connectivity index (χ3n) is 4.47. The number of aromatic nitrogens is 2. The first-order valence-electron chi connectivity index (χ1n) is 9.27. The van der Waals surface area contributed by atoms with Gasteiger partial charge < -0.3 is 14.8 Å². The SMILES string of the molecule is COC(=O)c1ccc(NC(=O)COC(=O)c2ccc(-n3nc(C)c(Cl)c3C)cc2)cc1. The molecule has 0 radical (unpaired) electrons. The smallest absolute Gasteiger partial charge is 0.338 e. The number of aryl methyl sites for hydroxylation is 1. The number of hydrogen-bond acceptors (Lipinski definition) is 6. The molecule has 0 atom stereocenters. The minimum Gasteiger partial charge on any atom is -0.465 e. The second-order valence-electron chi connectivity index (χ2n) is 6.64. The molecule has 31 heavy (non-hydrogen) atoms. The van der Waals surface area contributed by atoms with Crippen LogP contribution in [0.2, 0.25) is 5.02 Å². The van der Waals surface area contributed by atoms with Crippen molar-refractivity contribution in [3.05, 3.63) is 76.1 Å². The van der Waals surface area contributed by atoms with Crippen molar-refractivity contribution in [3.8, 4) is 5.69 Å². The molecular formula is C22H20ClN3O5. The first-order chi connectivity index (χ1) is 14.8. The summed E-state index contributed by atoms with van der Waals surface area (Å²) in [5, 5.41) is 7.54. The van der Waals surface area contributed by atoms with Crippen molar-refractivity contribution >= 4 is 35.1 Å². The van der Waals surface area contributed by atoms with Gasteiger partial charge in [0.2, 0.25) is 0 Å². The van der Waals surface area contributed by atoms with E-state index in [1.54, 1.807) is 41.1 Å². The minimum absolute atomic E-state index is 0.298. The molecule has 1 aromatic heterocycles. The van der Waals surface area contributed by atoms with Gasteiger partial charge in [-0.2, -0.15) is 5.10 Å². The van der Waals surface area contributed by atoms with Gasteiger partial charge in [-0.1, -0.05) is 11.6 Å². The van der Waals surface area contributed by atoms with Crippen molar-refractivity contribution in [3.63, 3.8) is 0 Å². The van der Waals surface area contributed by atoms with Gasteiger partial charge in [-0.3, -0.25) is 4.79 Å². The molecule has 0 saturated carbocycles. The number of anilines is 1. The molecule has 1 amide bonds. The van der Waals surface area contributed by atoms with E-state index in [0.717, 1.165) is 11.4 Å². The van der Waals surface area contributed by atoms with Gasteiger partial charge in [-0.15, -0.1) is 0 Å². The van der Waals surface area contributed by atoms with Gasteiger partial charge >= 0.3 is 11.9 Å². The Bertz CT molecular complexity index is 1120. The highest BCUT2D eigenvalue weighted by Gasteiger charge is 2.14. The fraction of sp³-hybridized carbons (Fsp3) is 0.182. The van der Waals surface area contributed by atoms with Crippen LogP contribution >= 0.6 is 11.6 Å². The zero-order valence-corrected chi connectivity index (χ0v) is 17.9. The number of amides is 1. The second kappa shape index (κ2) is 9.44. The molecule has 0 spiro atoms. The molecule has 0 unspecified atom stereocenters. The summed E-state index contributed by atoms with van der Waals surface area (Å²) in [6, 6.07) is 12.8. The van der Waals surface area contributed by atoms with Gasteiger partial charge in [0.05, 0.1) is 40.3 Å². The number of hydrogen-bond donors (Lipinski definition) is 1. The summed E-state index contributed by atoms with van der Waals surface area (Å²) in [5.41, 5.74) is 3.38. The van der Waals surface area contributed by atoms with Crippen LogP contribution in [-0.4, -0.2) is 41.3 Å². The van der Waals surface area contributed by atoms with Crippen molar-refractivity contribution in [1.82, 2.24) is 9.78 Å². The summed E-state index contributed by atoms with van der Waals surface area (Å²) < 4.78 is 11.4. The first-order valence-corrected chi connectivity index (χ1v) is 9.65. The van der Waals surface area contributed by atoms with Gasteiger partial charge in [-0.25, -0.2) is 14.3 Å². The molecule has 1 N–H and O–H groups in total. The van der Waals surface area contributed by atoms with E-state index in [-0.39, 0.29) is 0 Å². The van der Waals surface area contributed by atoms with Crippen LogP contribution in [0.25, 0.3) is 5.69 Å². The maximum absolute atomic E-state index is 12.2. The maximum Gasteiger partial charge on any atom is 0.338 e. The number of ether oxygens (including phenoxy) is 2. The number of nitrogens with one attached hydrogen (secondary N) is 1. The summed E-state index contributed by atoms with van der Waals surface area (Å²) in [4.78, 5) is 35.7. The summed E-state index contributed by atoms with van der Waals surface area (Å²) in [6.07, 6.45) is 0. The summed E-state index contributed by atoms with van der Waals surface area (Å²) in [7, 11) is 1.29. The Morgan fingerprint density at radius 3 is 2.10 bits per heavy atom. The van der Waals surface area contributed by atoms with E-state index in [1.807, 2.05) is 13.8 Å². The number of esters is 2. The lowest BCUT2D eigenvalue weighted by molar-refractivity contribution is -0.119.